The summed E-state index contributed by atoms with van der Waals surface area (Å²) < 4.78 is 12.9. The van der Waals surface area contributed by atoms with Crippen LogP contribution < -0.4 is 4.74 Å². The van der Waals surface area contributed by atoms with E-state index in [1.807, 2.05) is 48.0 Å². The third-order valence-electron chi connectivity index (χ3n) is 4.39. The topological polar surface area (TPSA) is 52.5 Å². The Kier molecular flexibility index (Phi) is 3.49. The van der Waals surface area contributed by atoms with Gasteiger partial charge in [-0.3, -0.25) is 0 Å². The van der Waals surface area contributed by atoms with Crippen LogP contribution in [0.25, 0.3) is 11.1 Å². The van der Waals surface area contributed by atoms with Crippen molar-refractivity contribution in [2.24, 2.45) is 4.99 Å². The molecule has 0 aliphatic carbocycles. The van der Waals surface area contributed by atoms with Crippen LogP contribution in [0.1, 0.15) is 30.8 Å². The van der Waals surface area contributed by atoms with Crippen LogP contribution in [0, 0.1) is 6.92 Å². The molecule has 5 heteroatoms. The van der Waals surface area contributed by atoms with Gasteiger partial charge in [0.25, 0.3) is 0 Å². The maximum atomic E-state index is 5.63. The minimum Gasteiger partial charge on any atom is -0.497 e. The van der Waals surface area contributed by atoms with E-state index in [1.54, 1.807) is 13.4 Å². The van der Waals surface area contributed by atoms with Crippen LogP contribution in [0.5, 0.6) is 5.75 Å². The van der Waals surface area contributed by atoms with Gasteiger partial charge in [-0.15, -0.1) is 0 Å². The van der Waals surface area contributed by atoms with E-state index in [4.69, 9.17) is 19.2 Å². The van der Waals surface area contributed by atoms with Crippen LogP contribution in [0.4, 0.5) is 5.82 Å². The number of fused-ring (bicyclic) bond motifs is 1. The molecule has 0 spiro atoms. The molecule has 1 aliphatic heterocycles. The number of benzene rings is 1. The van der Waals surface area contributed by atoms with Crippen LogP contribution in [0.3, 0.4) is 0 Å². The second-order valence-electron chi connectivity index (χ2n) is 6.04. The first kappa shape index (κ1) is 14.8. The summed E-state index contributed by atoms with van der Waals surface area (Å²) >= 11 is 0. The normalized spacial score (nSPS) is 16.6. The van der Waals surface area contributed by atoms with E-state index in [1.165, 1.54) is 0 Å². The summed E-state index contributed by atoms with van der Waals surface area (Å²) in [6, 6.07) is 12.0. The molecule has 1 aromatic carbocycles. The molecule has 122 valence electrons. The number of hydrogen-bond acceptors (Lipinski definition) is 4. The van der Waals surface area contributed by atoms with E-state index in [0.717, 1.165) is 46.3 Å². The van der Waals surface area contributed by atoms with E-state index < -0.39 is 0 Å². The molecule has 0 radical (unpaired) electrons. The van der Waals surface area contributed by atoms with Gasteiger partial charge in [0.1, 0.15) is 17.6 Å². The van der Waals surface area contributed by atoms with Crippen LogP contribution >= 0.6 is 0 Å². The van der Waals surface area contributed by atoms with Crippen molar-refractivity contribution in [3.8, 4) is 16.9 Å². The van der Waals surface area contributed by atoms with Gasteiger partial charge in [-0.25, -0.2) is 9.67 Å². The minimum absolute atomic E-state index is 0.0539. The molecule has 1 aliphatic rings. The Balaban J connectivity index is 1.86. The van der Waals surface area contributed by atoms with Gasteiger partial charge in [0.05, 0.1) is 19.1 Å². The molecular weight excluding hydrogens is 302 g/mol. The fraction of sp³-hybridized carbons (Fsp3) is 0.263. The Morgan fingerprint density at radius 3 is 2.62 bits per heavy atom. The quantitative estimate of drug-likeness (QED) is 0.711. The number of aliphatic imine (C=N–C) groups is 1. The highest BCUT2D eigenvalue weighted by molar-refractivity contribution is 5.89. The summed E-state index contributed by atoms with van der Waals surface area (Å²) in [5, 5.41) is 4.76. The monoisotopic (exact) mass is 321 g/mol. The van der Waals surface area contributed by atoms with Gasteiger partial charge in [-0.1, -0.05) is 12.1 Å². The van der Waals surface area contributed by atoms with E-state index in [9.17, 15) is 0 Å². The number of ether oxygens (including phenoxy) is 1. The SMILES string of the molecule is COc1ccc(-c2c(C)nn3c2N=C(C)CC3c2ccco2)cc1. The first-order valence-corrected chi connectivity index (χ1v) is 7.98. The number of furan rings is 1. The van der Waals surface area contributed by atoms with E-state index >= 15 is 0 Å². The van der Waals surface area contributed by atoms with Gasteiger partial charge in [-0.05, 0) is 43.7 Å². The molecule has 0 bridgehead atoms. The van der Waals surface area contributed by atoms with Crippen molar-refractivity contribution in [3.05, 3.63) is 54.1 Å². The molecule has 0 N–H and O–H groups in total. The highest BCUT2D eigenvalue weighted by Crippen LogP contribution is 2.41. The van der Waals surface area contributed by atoms with Gasteiger partial charge in [0.2, 0.25) is 0 Å². The lowest BCUT2D eigenvalue weighted by Gasteiger charge is -2.21. The molecule has 0 saturated carbocycles. The molecular formula is C19H19N3O2. The number of nitrogens with zero attached hydrogens (tertiary/aromatic N) is 3. The number of rotatable bonds is 3. The summed E-state index contributed by atoms with van der Waals surface area (Å²) in [6.07, 6.45) is 2.51. The van der Waals surface area contributed by atoms with Crippen LogP contribution in [-0.2, 0) is 0 Å². The summed E-state index contributed by atoms with van der Waals surface area (Å²) in [7, 11) is 1.67. The number of aromatic nitrogens is 2. The Labute approximate surface area is 140 Å². The highest BCUT2D eigenvalue weighted by Gasteiger charge is 2.29. The zero-order valence-electron chi connectivity index (χ0n) is 14.0. The average molecular weight is 321 g/mol. The van der Waals surface area contributed by atoms with Gasteiger partial charge < -0.3 is 9.15 Å². The highest BCUT2D eigenvalue weighted by atomic mass is 16.5. The number of aryl methyl sites for hydroxylation is 1. The molecule has 24 heavy (non-hydrogen) atoms. The van der Waals surface area contributed by atoms with Crippen LogP contribution in [0.2, 0.25) is 0 Å². The molecule has 0 amide bonds. The molecule has 3 aromatic rings. The minimum atomic E-state index is 0.0539. The zero-order chi connectivity index (χ0) is 16.7. The van der Waals surface area contributed by atoms with Gasteiger partial charge >= 0.3 is 0 Å². The number of methoxy groups -OCH3 is 1. The lowest BCUT2D eigenvalue weighted by atomic mass is 10.0. The van der Waals surface area contributed by atoms with Crippen molar-refractivity contribution in [3.63, 3.8) is 0 Å². The van der Waals surface area contributed by atoms with E-state index in [0.29, 0.717) is 0 Å². The molecule has 1 unspecified atom stereocenters. The molecule has 1 atom stereocenters. The van der Waals surface area contributed by atoms with Crippen LogP contribution in [-0.4, -0.2) is 22.6 Å². The summed E-state index contributed by atoms with van der Waals surface area (Å²) in [6.45, 7) is 4.08. The second-order valence-corrected chi connectivity index (χ2v) is 6.04. The first-order valence-electron chi connectivity index (χ1n) is 7.98. The Morgan fingerprint density at radius 1 is 1.17 bits per heavy atom. The predicted molar refractivity (Wildman–Crippen MR) is 93.2 cm³/mol. The number of hydrogen-bond donors (Lipinski definition) is 0. The largest absolute Gasteiger partial charge is 0.497 e. The Morgan fingerprint density at radius 2 is 1.96 bits per heavy atom. The van der Waals surface area contributed by atoms with Crippen LogP contribution in [0.15, 0.2) is 52.1 Å². The lowest BCUT2D eigenvalue weighted by molar-refractivity contribution is 0.409. The molecule has 4 rings (SSSR count). The standard InChI is InChI=1S/C19H19N3O2/c1-12-11-16(17-5-4-10-24-17)22-19(20-12)18(13(2)21-22)14-6-8-15(23-3)9-7-14/h4-10,16H,11H2,1-3H3. The molecule has 2 aromatic heterocycles. The predicted octanol–water partition coefficient (Wildman–Crippen LogP) is 4.55. The fourth-order valence-electron chi connectivity index (χ4n) is 3.25. The molecule has 5 nitrogen and oxygen atoms in total. The lowest BCUT2D eigenvalue weighted by Crippen LogP contribution is -2.18. The summed E-state index contributed by atoms with van der Waals surface area (Å²) in [5.41, 5.74) is 4.20. The maximum Gasteiger partial charge on any atom is 0.159 e. The van der Waals surface area contributed by atoms with Gasteiger partial charge in [-0.2, -0.15) is 5.10 Å². The van der Waals surface area contributed by atoms with Crippen molar-refractivity contribution in [1.82, 2.24) is 9.78 Å². The summed E-state index contributed by atoms with van der Waals surface area (Å²) in [4.78, 5) is 4.79. The van der Waals surface area contributed by atoms with E-state index in [2.05, 4.69) is 6.92 Å². The van der Waals surface area contributed by atoms with Crippen molar-refractivity contribution in [2.45, 2.75) is 26.3 Å². The molecule has 0 fully saturated rings. The van der Waals surface area contributed by atoms with Gasteiger partial charge in [0.15, 0.2) is 5.82 Å². The van der Waals surface area contributed by atoms with Crippen molar-refractivity contribution in [1.29, 1.82) is 0 Å². The Hall–Kier alpha value is -2.82. The average Bonchev–Trinajstić information content (AvgIpc) is 3.22. The smallest absolute Gasteiger partial charge is 0.159 e. The molecule has 3 heterocycles. The summed E-state index contributed by atoms with van der Waals surface area (Å²) in [5.74, 6) is 2.64. The Bertz CT molecular complexity index is 890. The first-order chi connectivity index (χ1) is 11.7. The maximum absolute atomic E-state index is 5.63. The second kappa shape index (κ2) is 5.67. The van der Waals surface area contributed by atoms with Crippen molar-refractivity contribution < 1.29 is 9.15 Å². The third-order valence-corrected chi connectivity index (χ3v) is 4.39. The van der Waals surface area contributed by atoms with E-state index in [-0.39, 0.29) is 6.04 Å². The third kappa shape index (κ3) is 2.33. The van der Waals surface area contributed by atoms with Crippen molar-refractivity contribution in [2.75, 3.05) is 7.11 Å². The van der Waals surface area contributed by atoms with Gasteiger partial charge in [0, 0.05) is 17.7 Å². The zero-order valence-corrected chi connectivity index (χ0v) is 14.0. The molecule has 0 saturated heterocycles. The van der Waals surface area contributed by atoms with Crippen molar-refractivity contribution >= 4 is 11.5 Å². The fourth-order valence-corrected chi connectivity index (χ4v) is 3.25.